The minimum absolute atomic E-state index is 0.0336. The van der Waals surface area contributed by atoms with Gasteiger partial charge in [0.05, 0.1) is 12.6 Å². The minimum atomic E-state index is -0.266. The molecule has 0 aromatic carbocycles. The van der Waals surface area contributed by atoms with Crippen LogP contribution in [0, 0.1) is 5.92 Å². The van der Waals surface area contributed by atoms with Crippen molar-refractivity contribution >= 4 is 11.8 Å². The molecule has 0 saturated heterocycles. The van der Waals surface area contributed by atoms with E-state index in [1.54, 1.807) is 18.5 Å². The summed E-state index contributed by atoms with van der Waals surface area (Å²) in [5.74, 6) is 0.821. The Labute approximate surface area is 148 Å². The molecule has 136 valence electrons. The van der Waals surface area contributed by atoms with Crippen LogP contribution >= 0.6 is 0 Å². The van der Waals surface area contributed by atoms with Crippen LogP contribution < -0.4 is 10.6 Å². The molecule has 2 N–H and O–H groups in total. The first-order chi connectivity index (χ1) is 12.1. The lowest BCUT2D eigenvalue weighted by atomic mass is 10.1. The van der Waals surface area contributed by atoms with E-state index in [0.29, 0.717) is 19.0 Å². The highest BCUT2D eigenvalue weighted by atomic mass is 16.5. The van der Waals surface area contributed by atoms with Crippen LogP contribution in [0.3, 0.4) is 0 Å². The molecule has 2 heterocycles. The van der Waals surface area contributed by atoms with Gasteiger partial charge in [0.2, 0.25) is 0 Å². The standard InChI is InChI=1S/C18H27N5O2/c1-4-25-13-16(14(2)3)20-18(24)21-17-8-12-23(22-17)11-7-15-5-9-19-10-6-15/h5-6,8-10,12,14,16H,4,7,11,13H2,1-3H3,(H2,20,21,22,24). The minimum Gasteiger partial charge on any atom is -0.380 e. The molecule has 1 atom stereocenters. The van der Waals surface area contributed by atoms with Crippen molar-refractivity contribution in [1.29, 1.82) is 0 Å². The maximum atomic E-state index is 12.1. The number of carbonyl (C=O) groups excluding carboxylic acids is 1. The predicted octanol–water partition coefficient (Wildman–Crippen LogP) is 2.70. The van der Waals surface area contributed by atoms with E-state index in [2.05, 4.69) is 34.6 Å². The summed E-state index contributed by atoms with van der Waals surface area (Å²) in [5, 5.41) is 10.1. The van der Waals surface area contributed by atoms with Gasteiger partial charge in [0, 0.05) is 37.8 Å². The van der Waals surface area contributed by atoms with Gasteiger partial charge >= 0.3 is 6.03 Å². The van der Waals surface area contributed by atoms with E-state index in [-0.39, 0.29) is 18.0 Å². The average molecular weight is 345 g/mol. The van der Waals surface area contributed by atoms with Crippen LogP contribution in [0.4, 0.5) is 10.6 Å². The molecule has 0 saturated carbocycles. The van der Waals surface area contributed by atoms with Crippen LogP contribution in [0.15, 0.2) is 36.8 Å². The van der Waals surface area contributed by atoms with Gasteiger partial charge in [-0.15, -0.1) is 0 Å². The zero-order valence-electron chi connectivity index (χ0n) is 15.1. The van der Waals surface area contributed by atoms with Crippen LogP contribution in [0.5, 0.6) is 0 Å². The number of anilines is 1. The highest BCUT2D eigenvalue weighted by Crippen LogP contribution is 2.07. The van der Waals surface area contributed by atoms with Crippen LogP contribution in [0.25, 0.3) is 0 Å². The summed E-state index contributed by atoms with van der Waals surface area (Å²) in [7, 11) is 0. The number of rotatable bonds is 9. The van der Waals surface area contributed by atoms with E-state index in [1.807, 2.05) is 29.9 Å². The molecule has 1 unspecified atom stereocenters. The Hall–Kier alpha value is -2.41. The van der Waals surface area contributed by atoms with Gasteiger partial charge in [0.25, 0.3) is 0 Å². The average Bonchev–Trinajstić information content (AvgIpc) is 3.04. The Bertz CT molecular complexity index is 642. The second kappa shape index (κ2) is 9.78. The third-order valence-electron chi connectivity index (χ3n) is 3.88. The molecule has 0 fully saturated rings. The van der Waals surface area contributed by atoms with Crippen molar-refractivity contribution in [1.82, 2.24) is 20.1 Å². The lowest BCUT2D eigenvalue weighted by Crippen LogP contribution is -2.44. The smallest absolute Gasteiger partial charge is 0.320 e. The van der Waals surface area contributed by atoms with Crippen molar-refractivity contribution in [3.8, 4) is 0 Å². The molecule has 0 aliphatic rings. The van der Waals surface area contributed by atoms with Crippen LogP contribution in [-0.4, -0.2) is 40.1 Å². The SMILES string of the molecule is CCOCC(NC(=O)Nc1ccn(CCc2ccncc2)n1)C(C)C. The fourth-order valence-corrected chi connectivity index (χ4v) is 2.31. The Balaban J connectivity index is 1.82. The van der Waals surface area contributed by atoms with Crippen molar-refractivity contribution < 1.29 is 9.53 Å². The van der Waals surface area contributed by atoms with E-state index in [0.717, 1.165) is 13.0 Å². The summed E-state index contributed by atoms with van der Waals surface area (Å²) in [5.41, 5.74) is 1.20. The number of carbonyl (C=O) groups is 1. The molecule has 0 spiro atoms. The summed E-state index contributed by atoms with van der Waals surface area (Å²) < 4.78 is 7.24. The van der Waals surface area contributed by atoms with Crippen molar-refractivity contribution in [2.45, 2.75) is 39.8 Å². The zero-order valence-corrected chi connectivity index (χ0v) is 15.1. The van der Waals surface area contributed by atoms with Crippen LogP contribution in [-0.2, 0) is 17.7 Å². The molecule has 25 heavy (non-hydrogen) atoms. The van der Waals surface area contributed by atoms with E-state index in [4.69, 9.17) is 4.74 Å². The first-order valence-electron chi connectivity index (χ1n) is 8.66. The second-order valence-corrected chi connectivity index (χ2v) is 6.18. The van der Waals surface area contributed by atoms with Gasteiger partial charge in [-0.1, -0.05) is 13.8 Å². The monoisotopic (exact) mass is 345 g/mol. The third-order valence-corrected chi connectivity index (χ3v) is 3.88. The molecule has 0 aliphatic heterocycles. The number of urea groups is 1. The number of pyridine rings is 1. The van der Waals surface area contributed by atoms with Crippen molar-refractivity contribution in [2.24, 2.45) is 5.92 Å². The molecule has 7 nitrogen and oxygen atoms in total. The van der Waals surface area contributed by atoms with Gasteiger partial charge in [0.15, 0.2) is 5.82 Å². The number of hydrogen-bond donors (Lipinski definition) is 2. The summed E-state index contributed by atoms with van der Waals surface area (Å²) in [6, 6.07) is 5.46. The van der Waals surface area contributed by atoms with Crippen molar-refractivity contribution in [3.63, 3.8) is 0 Å². The molecule has 0 bridgehead atoms. The Morgan fingerprint density at radius 1 is 1.28 bits per heavy atom. The lowest BCUT2D eigenvalue weighted by molar-refractivity contribution is 0.111. The Morgan fingerprint density at radius 3 is 2.72 bits per heavy atom. The summed E-state index contributed by atoms with van der Waals surface area (Å²) >= 11 is 0. The van der Waals surface area contributed by atoms with E-state index in [9.17, 15) is 4.79 Å². The van der Waals surface area contributed by atoms with Crippen LogP contribution in [0.1, 0.15) is 26.3 Å². The van der Waals surface area contributed by atoms with Crippen LogP contribution in [0.2, 0.25) is 0 Å². The molecular formula is C18H27N5O2. The molecule has 7 heteroatoms. The molecule has 2 aromatic heterocycles. The van der Waals surface area contributed by atoms with Crippen molar-refractivity contribution in [2.75, 3.05) is 18.5 Å². The Kier molecular flexibility index (Phi) is 7.40. The van der Waals surface area contributed by atoms with Gasteiger partial charge in [0.1, 0.15) is 0 Å². The number of hydrogen-bond acceptors (Lipinski definition) is 4. The maximum absolute atomic E-state index is 12.1. The number of aryl methyl sites for hydroxylation is 2. The highest BCUT2D eigenvalue weighted by Gasteiger charge is 2.16. The number of aromatic nitrogens is 3. The molecule has 2 aromatic rings. The zero-order chi connectivity index (χ0) is 18.1. The normalized spacial score (nSPS) is 12.2. The van der Waals surface area contributed by atoms with E-state index < -0.39 is 0 Å². The largest absolute Gasteiger partial charge is 0.380 e. The Morgan fingerprint density at radius 2 is 2.04 bits per heavy atom. The number of amides is 2. The fourth-order valence-electron chi connectivity index (χ4n) is 2.31. The summed E-state index contributed by atoms with van der Waals surface area (Å²) in [6.45, 7) is 7.92. The van der Waals surface area contributed by atoms with Gasteiger partial charge in [-0.05, 0) is 37.0 Å². The number of ether oxygens (including phenoxy) is 1. The predicted molar refractivity (Wildman–Crippen MR) is 97.4 cm³/mol. The molecule has 2 rings (SSSR count). The highest BCUT2D eigenvalue weighted by molar-refractivity contribution is 5.88. The first-order valence-corrected chi connectivity index (χ1v) is 8.66. The van der Waals surface area contributed by atoms with E-state index >= 15 is 0 Å². The van der Waals surface area contributed by atoms with Gasteiger partial charge in [-0.25, -0.2) is 4.79 Å². The van der Waals surface area contributed by atoms with Crippen molar-refractivity contribution in [3.05, 3.63) is 42.4 Å². The first kappa shape index (κ1) is 18.9. The molecule has 0 radical (unpaired) electrons. The third kappa shape index (κ3) is 6.54. The maximum Gasteiger partial charge on any atom is 0.320 e. The topological polar surface area (TPSA) is 81.1 Å². The van der Waals surface area contributed by atoms with Gasteiger partial charge in [-0.3, -0.25) is 15.0 Å². The second-order valence-electron chi connectivity index (χ2n) is 6.18. The number of nitrogens with one attached hydrogen (secondary N) is 2. The molecule has 0 aliphatic carbocycles. The summed E-state index contributed by atoms with van der Waals surface area (Å²) in [6.07, 6.45) is 6.28. The molecule has 2 amide bonds. The summed E-state index contributed by atoms with van der Waals surface area (Å²) in [4.78, 5) is 16.2. The lowest BCUT2D eigenvalue weighted by Gasteiger charge is -2.21. The molecular weight excluding hydrogens is 318 g/mol. The van der Waals surface area contributed by atoms with Gasteiger partial charge in [-0.2, -0.15) is 5.10 Å². The quantitative estimate of drug-likeness (QED) is 0.732. The fraction of sp³-hybridized carbons (Fsp3) is 0.500. The van der Waals surface area contributed by atoms with E-state index in [1.165, 1.54) is 5.56 Å². The number of nitrogens with zero attached hydrogens (tertiary/aromatic N) is 3. The van der Waals surface area contributed by atoms with Gasteiger partial charge < -0.3 is 10.1 Å².